The second-order valence-electron chi connectivity index (χ2n) is 8.17. The van der Waals surface area contributed by atoms with Gasteiger partial charge in [-0.15, -0.1) is 0 Å². The third-order valence-corrected chi connectivity index (χ3v) is 8.03. The zero-order valence-electron chi connectivity index (χ0n) is 17.9. The van der Waals surface area contributed by atoms with Crippen molar-refractivity contribution < 1.29 is 22.5 Å². The molecule has 0 aliphatic carbocycles. The van der Waals surface area contributed by atoms with Crippen molar-refractivity contribution in [2.75, 3.05) is 55.6 Å². The van der Waals surface area contributed by atoms with Gasteiger partial charge in [0.25, 0.3) is 0 Å². The van der Waals surface area contributed by atoms with Gasteiger partial charge in [0.1, 0.15) is 10.7 Å². The van der Waals surface area contributed by atoms with Crippen LogP contribution < -0.4 is 19.4 Å². The Bertz CT molecular complexity index is 1120. The van der Waals surface area contributed by atoms with Crippen molar-refractivity contribution in [3.05, 3.63) is 52.3 Å². The zero-order valence-corrected chi connectivity index (χ0v) is 20.3. The van der Waals surface area contributed by atoms with Crippen LogP contribution in [-0.2, 0) is 21.2 Å². The lowest BCUT2D eigenvalue weighted by Crippen LogP contribution is -3.15. The van der Waals surface area contributed by atoms with Crippen LogP contribution in [0, 0.1) is 5.82 Å². The number of carbonyl (C=O) groups is 1. The highest BCUT2D eigenvalue weighted by molar-refractivity contribution is 9.10. The van der Waals surface area contributed by atoms with Gasteiger partial charge < -0.3 is 14.7 Å². The minimum Gasteiger partial charge on any atom is -0.358 e. The van der Waals surface area contributed by atoms with Gasteiger partial charge in [0, 0.05) is 17.9 Å². The SMILES string of the molecule is CC(=O)N1CCc2cc(Br)cc(S(=O)(=O)NCC[NH+]3CCN(c4ccccc4F)CC3)c21. The van der Waals surface area contributed by atoms with E-state index in [1.54, 1.807) is 18.2 Å². The molecule has 1 fully saturated rings. The Morgan fingerprint density at radius 3 is 2.59 bits per heavy atom. The molecule has 2 aliphatic heterocycles. The van der Waals surface area contributed by atoms with Gasteiger partial charge in [-0.1, -0.05) is 28.1 Å². The number of rotatable bonds is 6. The highest BCUT2D eigenvalue weighted by Gasteiger charge is 2.31. The van der Waals surface area contributed by atoms with Crippen LogP contribution in [0.3, 0.4) is 0 Å². The van der Waals surface area contributed by atoms with Gasteiger partial charge in [-0.25, -0.2) is 17.5 Å². The highest BCUT2D eigenvalue weighted by atomic mass is 79.9. The van der Waals surface area contributed by atoms with E-state index in [1.807, 2.05) is 17.0 Å². The van der Waals surface area contributed by atoms with Crippen molar-refractivity contribution >= 4 is 43.2 Å². The molecule has 1 saturated heterocycles. The zero-order chi connectivity index (χ0) is 22.9. The lowest BCUT2D eigenvalue weighted by molar-refractivity contribution is -0.899. The molecule has 0 atom stereocenters. The molecule has 0 spiro atoms. The van der Waals surface area contributed by atoms with Crippen LogP contribution in [0.1, 0.15) is 12.5 Å². The van der Waals surface area contributed by atoms with Gasteiger partial charge in [0.05, 0.1) is 50.6 Å². The Kier molecular flexibility index (Phi) is 6.85. The predicted molar refractivity (Wildman–Crippen MR) is 125 cm³/mol. The standard InChI is InChI=1S/C22H26BrFN4O3S/c1-16(29)28-8-6-17-14-18(23)15-21(22(17)28)32(30,31)25-7-9-26-10-12-27(13-11-26)20-5-3-2-4-19(20)24/h2-5,14-15,25H,6-13H2,1H3/p+1. The Hall–Kier alpha value is -2.01. The number of halogens is 2. The number of nitrogens with zero attached hydrogens (tertiary/aromatic N) is 2. The van der Waals surface area contributed by atoms with E-state index in [1.165, 1.54) is 22.8 Å². The molecular weight excluding hydrogens is 499 g/mol. The van der Waals surface area contributed by atoms with E-state index in [0.717, 1.165) is 31.7 Å². The first-order valence-corrected chi connectivity index (χ1v) is 13.0. The highest BCUT2D eigenvalue weighted by Crippen LogP contribution is 2.37. The topological polar surface area (TPSA) is 74.2 Å². The Labute approximate surface area is 196 Å². The van der Waals surface area contributed by atoms with Gasteiger partial charge in [0.15, 0.2) is 0 Å². The van der Waals surface area contributed by atoms with E-state index >= 15 is 0 Å². The summed E-state index contributed by atoms with van der Waals surface area (Å²) < 4.78 is 43.6. The fraction of sp³-hybridized carbons (Fsp3) is 0.409. The molecular formula is C22H27BrFN4O3S+. The first-order valence-electron chi connectivity index (χ1n) is 10.7. The minimum absolute atomic E-state index is 0.133. The smallest absolute Gasteiger partial charge is 0.242 e. The first-order chi connectivity index (χ1) is 15.3. The molecule has 0 aromatic heterocycles. The number of nitrogens with one attached hydrogen (secondary N) is 2. The van der Waals surface area contributed by atoms with Crippen molar-refractivity contribution in [2.45, 2.75) is 18.2 Å². The Morgan fingerprint density at radius 2 is 1.91 bits per heavy atom. The molecule has 172 valence electrons. The number of quaternary nitrogens is 1. The molecule has 2 aromatic rings. The number of benzene rings is 2. The van der Waals surface area contributed by atoms with E-state index in [0.29, 0.717) is 41.9 Å². The third-order valence-electron chi connectivity index (χ3n) is 6.10. The van der Waals surface area contributed by atoms with Crippen LogP contribution in [0.4, 0.5) is 15.8 Å². The maximum Gasteiger partial charge on any atom is 0.242 e. The van der Waals surface area contributed by atoms with Crippen molar-refractivity contribution in [1.82, 2.24) is 4.72 Å². The molecule has 1 amide bonds. The van der Waals surface area contributed by atoms with Crippen LogP contribution in [-0.4, -0.2) is 60.1 Å². The van der Waals surface area contributed by atoms with Crippen molar-refractivity contribution in [3.8, 4) is 0 Å². The van der Waals surface area contributed by atoms with E-state index in [2.05, 4.69) is 20.7 Å². The summed E-state index contributed by atoms with van der Waals surface area (Å²) in [6.45, 7) is 5.91. The lowest BCUT2D eigenvalue weighted by atomic mass is 10.2. The van der Waals surface area contributed by atoms with Gasteiger partial charge in [0.2, 0.25) is 15.9 Å². The number of hydrogen-bond acceptors (Lipinski definition) is 4. The summed E-state index contributed by atoms with van der Waals surface area (Å²) in [7, 11) is -3.78. The minimum atomic E-state index is -3.78. The molecule has 4 rings (SSSR count). The van der Waals surface area contributed by atoms with Gasteiger partial charge in [-0.2, -0.15) is 0 Å². The van der Waals surface area contributed by atoms with Crippen LogP contribution in [0.25, 0.3) is 0 Å². The number of hydrogen-bond donors (Lipinski definition) is 2. The molecule has 7 nitrogen and oxygen atoms in total. The molecule has 10 heteroatoms. The second kappa shape index (κ2) is 9.46. The third kappa shape index (κ3) is 4.83. The molecule has 0 bridgehead atoms. The Balaban J connectivity index is 1.37. The fourth-order valence-corrected chi connectivity index (χ4v) is 6.41. The van der Waals surface area contributed by atoms with Crippen LogP contribution in [0.15, 0.2) is 45.8 Å². The van der Waals surface area contributed by atoms with Crippen LogP contribution in [0.2, 0.25) is 0 Å². The molecule has 2 aliphatic rings. The van der Waals surface area contributed by atoms with E-state index in [4.69, 9.17) is 0 Å². The van der Waals surface area contributed by atoms with Crippen molar-refractivity contribution in [2.24, 2.45) is 0 Å². The number of amides is 1. The molecule has 0 saturated carbocycles. The molecule has 2 aromatic carbocycles. The second-order valence-corrected chi connectivity index (χ2v) is 10.8. The van der Waals surface area contributed by atoms with Crippen LogP contribution in [0.5, 0.6) is 0 Å². The first kappa shape index (κ1) is 23.2. The number of sulfonamides is 1. The average Bonchev–Trinajstić information content (AvgIpc) is 3.18. The number of para-hydroxylation sites is 1. The number of anilines is 2. The summed E-state index contributed by atoms with van der Waals surface area (Å²) in [5.41, 5.74) is 1.95. The lowest BCUT2D eigenvalue weighted by Gasteiger charge is -2.33. The van der Waals surface area contributed by atoms with Gasteiger partial charge >= 0.3 is 0 Å². The fourth-order valence-electron chi connectivity index (χ4n) is 4.45. The maximum atomic E-state index is 14.0. The summed E-state index contributed by atoms with van der Waals surface area (Å²) in [6.07, 6.45) is 0.632. The normalized spacial score (nSPS) is 17.0. The number of fused-ring (bicyclic) bond motifs is 1. The summed E-state index contributed by atoms with van der Waals surface area (Å²) in [5, 5.41) is 0. The maximum absolute atomic E-state index is 14.0. The molecule has 2 heterocycles. The summed E-state index contributed by atoms with van der Waals surface area (Å²) in [5.74, 6) is -0.385. The van der Waals surface area contributed by atoms with E-state index in [-0.39, 0.29) is 16.6 Å². The van der Waals surface area contributed by atoms with Crippen LogP contribution >= 0.6 is 15.9 Å². The molecule has 32 heavy (non-hydrogen) atoms. The summed E-state index contributed by atoms with van der Waals surface area (Å²) in [4.78, 5) is 17.0. The average molecular weight is 526 g/mol. The largest absolute Gasteiger partial charge is 0.358 e. The molecule has 0 unspecified atom stereocenters. The van der Waals surface area contributed by atoms with Gasteiger partial charge in [-0.3, -0.25) is 4.79 Å². The Morgan fingerprint density at radius 1 is 1.19 bits per heavy atom. The number of carbonyl (C=O) groups excluding carboxylic acids is 1. The molecule has 0 radical (unpaired) electrons. The van der Waals surface area contributed by atoms with E-state index in [9.17, 15) is 17.6 Å². The van der Waals surface area contributed by atoms with Crippen molar-refractivity contribution in [3.63, 3.8) is 0 Å². The quantitative estimate of drug-likeness (QED) is 0.593. The monoisotopic (exact) mass is 525 g/mol. The summed E-state index contributed by atoms with van der Waals surface area (Å²) in [6, 6.07) is 10.2. The number of piperazine rings is 1. The van der Waals surface area contributed by atoms with E-state index < -0.39 is 10.0 Å². The van der Waals surface area contributed by atoms with Gasteiger partial charge in [-0.05, 0) is 36.2 Å². The predicted octanol–water partition coefficient (Wildman–Crippen LogP) is 1.18. The van der Waals surface area contributed by atoms with Crippen molar-refractivity contribution in [1.29, 1.82) is 0 Å². The summed E-state index contributed by atoms with van der Waals surface area (Å²) >= 11 is 3.39. The molecule has 2 N–H and O–H groups in total.